The molecule has 20 heavy (non-hydrogen) atoms. The van der Waals surface area contributed by atoms with E-state index >= 15 is 0 Å². The molecule has 110 valence electrons. The minimum Gasteiger partial charge on any atom is -0.481 e. The molecule has 3 amide bonds. The van der Waals surface area contributed by atoms with Gasteiger partial charge in [0.05, 0.1) is 12.2 Å². The van der Waals surface area contributed by atoms with Crippen molar-refractivity contribution in [2.45, 2.75) is 33.2 Å². The molecule has 0 saturated heterocycles. The van der Waals surface area contributed by atoms with E-state index in [1.54, 1.807) is 19.9 Å². The van der Waals surface area contributed by atoms with Crippen LogP contribution in [0.15, 0.2) is 10.6 Å². The highest BCUT2D eigenvalue weighted by molar-refractivity contribution is 5.94. The van der Waals surface area contributed by atoms with Crippen molar-refractivity contribution in [3.63, 3.8) is 0 Å². The van der Waals surface area contributed by atoms with Crippen LogP contribution < -0.4 is 10.6 Å². The van der Waals surface area contributed by atoms with Gasteiger partial charge in [-0.1, -0.05) is 12.1 Å². The van der Waals surface area contributed by atoms with Crippen molar-refractivity contribution in [1.29, 1.82) is 0 Å². The molecule has 0 fully saturated rings. The molecule has 1 atom stereocenters. The lowest BCUT2D eigenvalue weighted by molar-refractivity contribution is -0.138. The number of urea groups is 1. The molecular weight excluding hydrogens is 266 g/mol. The number of hydrogen-bond acceptors (Lipinski definition) is 5. The van der Waals surface area contributed by atoms with Gasteiger partial charge in [-0.2, -0.15) is 0 Å². The molecule has 0 aliphatic rings. The molecule has 1 aromatic heterocycles. The zero-order valence-electron chi connectivity index (χ0n) is 11.3. The lowest BCUT2D eigenvalue weighted by Crippen LogP contribution is -2.39. The number of imide groups is 1. The predicted molar refractivity (Wildman–Crippen MR) is 67.7 cm³/mol. The first-order valence-corrected chi connectivity index (χ1v) is 6.08. The monoisotopic (exact) mass is 283 g/mol. The van der Waals surface area contributed by atoms with Crippen LogP contribution in [0.25, 0.3) is 0 Å². The van der Waals surface area contributed by atoms with E-state index in [0.717, 1.165) is 0 Å². The number of hydrogen-bond donors (Lipinski definition) is 3. The molecule has 3 N–H and O–H groups in total. The van der Waals surface area contributed by atoms with Crippen molar-refractivity contribution in [3.8, 4) is 0 Å². The summed E-state index contributed by atoms with van der Waals surface area (Å²) in [6.07, 6.45) is -0.145. The van der Waals surface area contributed by atoms with Crippen LogP contribution >= 0.6 is 0 Å². The summed E-state index contributed by atoms with van der Waals surface area (Å²) in [6, 6.07) is 1.00. The minimum atomic E-state index is -0.976. The average molecular weight is 283 g/mol. The second-order valence-electron chi connectivity index (χ2n) is 4.57. The van der Waals surface area contributed by atoms with Gasteiger partial charge in [0.25, 0.3) is 0 Å². The van der Waals surface area contributed by atoms with Crippen LogP contribution in [0.2, 0.25) is 0 Å². The molecule has 0 bridgehead atoms. The molecule has 1 rings (SSSR count). The first-order chi connectivity index (χ1) is 9.36. The highest BCUT2D eigenvalue weighted by Crippen LogP contribution is 2.06. The standard InChI is InChI=1S/C12H17N3O5/c1-7(4-11(17)18)3-10(16)14-12(19)13-6-9-5-8(2)15-20-9/h5,7H,3-4,6H2,1-2H3,(H,17,18)(H2,13,14,16,19). The van der Waals surface area contributed by atoms with E-state index in [9.17, 15) is 14.4 Å². The SMILES string of the molecule is Cc1cc(CNC(=O)NC(=O)CC(C)CC(=O)O)on1. The number of carbonyl (C=O) groups is 3. The van der Waals surface area contributed by atoms with E-state index in [2.05, 4.69) is 15.8 Å². The minimum absolute atomic E-state index is 0.0267. The molecule has 0 radical (unpaired) electrons. The van der Waals surface area contributed by atoms with E-state index in [-0.39, 0.29) is 25.3 Å². The lowest BCUT2D eigenvalue weighted by Gasteiger charge is -2.08. The van der Waals surface area contributed by atoms with Crippen molar-refractivity contribution >= 4 is 17.9 Å². The normalized spacial score (nSPS) is 11.7. The Morgan fingerprint density at radius 2 is 2.10 bits per heavy atom. The summed E-state index contributed by atoms with van der Waals surface area (Å²) in [5, 5.41) is 16.8. The van der Waals surface area contributed by atoms with Gasteiger partial charge in [0, 0.05) is 18.9 Å². The lowest BCUT2D eigenvalue weighted by atomic mass is 10.0. The molecule has 0 spiro atoms. The van der Waals surface area contributed by atoms with Crippen LogP contribution in [0.4, 0.5) is 4.79 Å². The molecule has 8 nitrogen and oxygen atoms in total. The van der Waals surface area contributed by atoms with E-state index in [1.807, 2.05) is 0 Å². The molecule has 1 heterocycles. The van der Waals surface area contributed by atoms with Gasteiger partial charge in [0.2, 0.25) is 5.91 Å². The molecule has 8 heteroatoms. The third-order valence-corrected chi connectivity index (χ3v) is 2.41. The van der Waals surface area contributed by atoms with Gasteiger partial charge < -0.3 is 14.9 Å². The molecule has 0 aliphatic heterocycles. The van der Waals surface area contributed by atoms with E-state index in [1.165, 1.54) is 0 Å². The zero-order valence-corrected chi connectivity index (χ0v) is 11.3. The Morgan fingerprint density at radius 3 is 2.65 bits per heavy atom. The fourth-order valence-electron chi connectivity index (χ4n) is 1.58. The molecule has 1 aromatic rings. The summed E-state index contributed by atoms with van der Waals surface area (Å²) in [5.74, 6) is -1.36. The quantitative estimate of drug-likeness (QED) is 0.710. The van der Waals surface area contributed by atoms with Crippen LogP contribution in [0.3, 0.4) is 0 Å². The molecule has 0 saturated carbocycles. The molecule has 1 unspecified atom stereocenters. The fourth-order valence-corrected chi connectivity index (χ4v) is 1.58. The Hall–Kier alpha value is -2.38. The number of aromatic nitrogens is 1. The Balaban J connectivity index is 2.27. The number of carboxylic acid groups (broad SMARTS) is 1. The highest BCUT2D eigenvalue weighted by Gasteiger charge is 2.14. The number of nitrogens with one attached hydrogen (secondary N) is 2. The van der Waals surface area contributed by atoms with E-state index < -0.39 is 17.9 Å². The number of carbonyl (C=O) groups excluding carboxylic acids is 2. The highest BCUT2D eigenvalue weighted by atomic mass is 16.5. The van der Waals surface area contributed by atoms with Crippen LogP contribution in [0.5, 0.6) is 0 Å². The van der Waals surface area contributed by atoms with Gasteiger partial charge in [0.15, 0.2) is 5.76 Å². The Morgan fingerprint density at radius 1 is 1.40 bits per heavy atom. The maximum absolute atomic E-state index is 11.5. The van der Waals surface area contributed by atoms with E-state index in [4.69, 9.17) is 9.63 Å². The van der Waals surface area contributed by atoms with Gasteiger partial charge >= 0.3 is 12.0 Å². The second-order valence-corrected chi connectivity index (χ2v) is 4.57. The Labute approximate surface area is 115 Å². The largest absolute Gasteiger partial charge is 0.481 e. The maximum atomic E-state index is 11.5. The summed E-state index contributed by atoms with van der Waals surface area (Å²) in [7, 11) is 0. The Bertz CT molecular complexity index is 497. The predicted octanol–water partition coefficient (Wildman–Crippen LogP) is 0.810. The first kappa shape index (κ1) is 15.7. The van der Waals surface area contributed by atoms with Crippen molar-refractivity contribution in [2.75, 3.05) is 0 Å². The zero-order chi connectivity index (χ0) is 15.1. The number of nitrogens with zero attached hydrogens (tertiary/aromatic N) is 1. The van der Waals surface area contributed by atoms with E-state index in [0.29, 0.717) is 11.5 Å². The fraction of sp³-hybridized carbons (Fsp3) is 0.500. The summed E-state index contributed by atoms with van der Waals surface area (Å²) < 4.78 is 4.89. The third kappa shape index (κ3) is 5.98. The van der Waals surface area contributed by atoms with Gasteiger partial charge in [-0.15, -0.1) is 0 Å². The number of carboxylic acids is 1. The Kier molecular flexibility index (Phi) is 5.70. The third-order valence-electron chi connectivity index (χ3n) is 2.41. The average Bonchev–Trinajstić information content (AvgIpc) is 2.71. The van der Waals surface area contributed by atoms with Crippen molar-refractivity contribution in [1.82, 2.24) is 15.8 Å². The topological polar surface area (TPSA) is 122 Å². The van der Waals surface area contributed by atoms with Crippen molar-refractivity contribution < 1.29 is 24.0 Å². The molecule has 0 aromatic carbocycles. The first-order valence-electron chi connectivity index (χ1n) is 6.08. The maximum Gasteiger partial charge on any atom is 0.321 e. The van der Waals surface area contributed by atoms with Gasteiger partial charge in [0.1, 0.15) is 0 Å². The number of aliphatic carboxylic acids is 1. The summed E-state index contributed by atoms with van der Waals surface area (Å²) >= 11 is 0. The number of amides is 3. The van der Waals surface area contributed by atoms with Crippen LogP contribution in [0.1, 0.15) is 31.2 Å². The van der Waals surface area contributed by atoms with Crippen LogP contribution in [0, 0.1) is 12.8 Å². The van der Waals surface area contributed by atoms with Crippen LogP contribution in [-0.4, -0.2) is 28.2 Å². The van der Waals surface area contributed by atoms with Gasteiger partial charge in [-0.3, -0.25) is 14.9 Å². The number of rotatable bonds is 6. The summed E-state index contributed by atoms with van der Waals surface area (Å²) in [5.41, 5.74) is 0.695. The number of aryl methyl sites for hydroxylation is 1. The summed E-state index contributed by atoms with van der Waals surface area (Å²) in [6.45, 7) is 3.49. The summed E-state index contributed by atoms with van der Waals surface area (Å²) in [4.78, 5) is 33.3. The van der Waals surface area contributed by atoms with Gasteiger partial charge in [-0.05, 0) is 12.8 Å². The van der Waals surface area contributed by atoms with Crippen molar-refractivity contribution in [2.24, 2.45) is 5.92 Å². The smallest absolute Gasteiger partial charge is 0.321 e. The van der Waals surface area contributed by atoms with Gasteiger partial charge in [-0.25, -0.2) is 4.79 Å². The van der Waals surface area contributed by atoms with Crippen LogP contribution in [-0.2, 0) is 16.1 Å². The second kappa shape index (κ2) is 7.27. The van der Waals surface area contributed by atoms with Crippen molar-refractivity contribution in [3.05, 3.63) is 17.5 Å². The molecule has 0 aliphatic carbocycles. The molecular formula is C12H17N3O5.